The van der Waals surface area contributed by atoms with E-state index in [9.17, 15) is 32.2 Å². The number of hydrogen-bond acceptors (Lipinski definition) is 5. The lowest BCUT2D eigenvalue weighted by atomic mass is 9.77. The van der Waals surface area contributed by atoms with Crippen LogP contribution in [0.5, 0.6) is 5.75 Å². The number of halogens is 5. The Morgan fingerprint density at radius 1 is 1.11 bits per heavy atom. The zero-order valence-electron chi connectivity index (χ0n) is 21.0. The van der Waals surface area contributed by atoms with E-state index in [1.165, 1.54) is 41.2 Å². The second-order valence-electron chi connectivity index (χ2n) is 11.0. The minimum Gasteiger partial charge on any atom is -0.492 e. The molecule has 2 heterocycles. The summed E-state index contributed by atoms with van der Waals surface area (Å²) in [4.78, 5) is 4.19. The van der Waals surface area contributed by atoms with Gasteiger partial charge in [0.25, 0.3) is 6.43 Å². The van der Waals surface area contributed by atoms with Gasteiger partial charge in [0.2, 0.25) is 0 Å². The molecule has 1 saturated heterocycles. The van der Waals surface area contributed by atoms with Crippen molar-refractivity contribution in [1.29, 1.82) is 0 Å². The summed E-state index contributed by atoms with van der Waals surface area (Å²) in [5.74, 6) is 0.000494. The molecule has 0 bridgehead atoms. The van der Waals surface area contributed by atoms with Crippen LogP contribution < -0.4 is 10.1 Å². The molecule has 1 aliphatic carbocycles. The summed E-state index contributed by atoms with van der Waals surface area (Å²) in [6, 6.07) is 7.12. The van der Waals surface area contributed by atoms with Crippen LogP contribution in [0, 0.1) is 0 Å². The summed E-state index contributed by atoms with van der Waals surface area (Å²) >= 11 is 0. The van der Waals surface area contributed by atoms with Crippen LogP contribution in [0.15, 0.2) is 42.7 Å². The Morgan fingerprint density at radius 2 is 1.79 bits per heavy atom. The highest BCUT2D eigenvalue weighted by molar-refractivity contribution is 5.82. The molecule has 0 spiro atoms. The standard InChI is InChI=1S/C27H30F5N3O3/c1-15-9-26(37,17-5-3-16(4-6-17)24(28)29)10-18(34-15)13-38-20-7-21(27(30,31)32)23-22(8-20)33-14-35(23)19-11-25(2,36)12-19/h3-8,14-15,18-19,24,34,36-37H,9-13H2,1-2H3. The molecule has 3 N–H and O–H groups in total. The van der Waals surface area contributed by atoms with E-state index in [-0.39, 0.29) is 47.5 Å². The molecule has 11 heteroatoms. The van der Waals surface area contributed by atoms with Gasteiger partial charge in [-0.25, -0.2) is 13.8 Å². The van der Waals surface area contributed by atoms with E-state index in [0.29, 0.717) is 24.8 Å². The third-order valence-electron chi connectivity index (χ3n) is 7.59. The molecular weight excluding hydrogens is 509 g/mol. The number of alkyl halides is 5. The minimum atomic E-state index is -4.65. The van der Waals surface area contributed by atoms with Crippen molar-refractivity contribution in [2.75, 3.05) is 6.61 Å². The van der Waals surface area contributed by atoms with Crippen LogP contribution >= 0.6 is 0 Å². The fourth-order valence-corrected chi connectivity index (χ4v) is 5.87. The molecule has 1 aliphatic heterocycles. The molecule has 2 fully saturated rings. The van der Waals surface area contributed by atoms with Gasteiger partial charge in [0, 0.05) is 29.8 Å². The molecule has 3 unspecified atom stereocenters. The van der Waals surface area contributed by atoms with Crippen molar-refractivity contribution in [3.63, 3.8) is 0 Å². The monoisotopic (exact) mass is 539 g/mol. The molecule has 3 aromatic rings. The molecule has 6 nitrogen and oxygen atoms in total. The molecule has 38 heavy (non-hydrogen) atoms. The molecule has 2 aliphatic rings. The summed E-state index contributed by atoms with van der Waals surface area (Å²) in [6.45, 7) is 3.50. The number of nitrogens with zero attached hydrogens (tertiary/aromatic N) is 2. The average Bonchev–Trinajstić information content (AvgIpc) is 3.23. The van der Waals surface area contributed by atoms with Crippen molar-refractivity contribution >= 4 is 11.0 Å². The Balaban J connectivity index is 1.35. The third-order valence-corrected chi connectivity index (χ3v) is 7.59. The number of hydrogen-bond donors (Lipinski definition) is 3. The smallest absolute Gasteiger partial charge is 0.418 e. The van der Waals surface area contributed by atoms with Gasteiger partial charge >= 0.3 is 6.18 Å². The lowest BCUT2D eigenvalue weighted by molar-refractivity contribution is -0.136. The average molecular weight is 540 g/mol. The van der Waals surface area contributed by atoms with Crippen LogP contribution in [-0.4, -0.2) is 44.1 Å². The molecular formula is C27H30F5N3O3. The van der Waals surface area contributed by atoms with Gasteiger partial charge in [-0.2, -0.15) is 13.2 Å². The topological polar surface area (TPSA) is 79.5 Å². The molecule has 206 valence electrons. The fraction of sp³-hybridized carbons (Fsp3) is 0.519. The molecule has 2 aromatic carbocycles. The highest BCUT2D eigenvalue weighted by Crippen LogP contribution is 2.45. The molecule has 0 amide bonds. The van der Waals surface area contributed by atoms with E-state index in [1.54, 1.807) is 6.92 Å². The normalized spacial score (nSPS) is 30.0. The number of ether oxygens (including phenoxy) is 1. The zero-order valence-corrected chi connectivity index (χ0v) is 21.0. The van der Waals surface area contributed by atoms with Crippen LogP contribution in [0.25, 0.3) is 11.0 Å². The van der Waals surface area contributed by atoms with Gasteiger partial charge in [0.1, 0.15) is 12.4 Å². The van der Waals surface area contributed by atoms with Crippen LogP contribution in [0.4, 0.5) is 22.0 Å². The zero-order chi connectivity index (χ0) is 27.5. The van der Waals surface area contributed by atoms with Crippen LogP contribution in [0.1, 0.15) is 68.7 Å². The first-order chi connectivity index (χ1) is 17.7. The third kappa shape index (κ3) is 5.23. The summed E-state index contributed by atoms with van der Waals surface area (Å²) in [5.41, 5.74) is -2.61. The number of aliphatic hydroxyl groups is 2. The van der Waals surface area contributed by atoms with Crippen molar-refractivity contribution < 1.29 is 36.9 Å². The first-order valence-corrected chi connectivity index (χ1v) is 12.5. The minimum absolute atomic E-state index is 0.000494. The highest BCUT2D eigenvalue weighted by Gasteiger charge is 2.43. The summed E-state index contributed by atoms with van der Waals surface area (Å²) in [7, 11) is 0. The Bertz CT molecular complexity index is 1300. The Kier molecular flexibility index (Phi) is 6.68. The first kappa shape index (κ1) is 26.8. The van der Waals surface area contributed by atoms with E-state index in [0.717, 1.165) is 6.07 Å². The maximum Gasteiger partial charge on any atom is 0.418 e. The van der Waals surface area contributed by atoms with Gasteiger partial charge in [-0.05, 0) is 51.2 Å². The van der Waals surface area contributed by atoms with Gasteiger partial charge in [-0.15, -0.1) is 0 Å². The molecule has 1 saturated carbocycles. The Labute approximate surface area is 216 Å². The van der Waals surface area contributed by atoms with Crippen molar-refractivity contribution in [2.24, 2.45) is 0 Å². The van der Waals surface area contributed by atoms with Crippen LogP contribution in [0.3, 0.4) is 0 Å². The van der Waals surface area contributed by atoms with Gasteiger partial charge in [-0.1, -0.05) is 24.3 Å². The van der Waals surface area contributed by atoms with Gasteiger partial charge in [-0.3, -0.25) is 0 Å². The Hall–Kier alpha value is -2.76. The van der Waals surface area contributed by atoms with E-state index < -0.39 is 35.4 Å². The van der Waals surface area contributed by atoms with E-state index in [2.05, 4.69) is 10.3 Å². The number of piperidine rings is 1. The van der Waals surface area contributed by atoms with Crippen LogP contribution in [0.2, 0.25) is 0 Å². The quantitative estimate of drug-likeness (QED) is 0.362. The lowest BCUT2D eigenvalue weighted by Crippen LogP contribution is -2.53. The summed E-state index contributed by atoms with van der Waals surface area (Å²) < 4.78 is 75.4. The molecule has 5 rings (SSSR count). The van der Waals surface area contributed by atoms with Gasteiger partial charge in [0.05, 0.1) is 34.1 Å². The summed E-state index contributed by atoms with van der Waals surface area (Å²) in [5, 5.41) is 24.7. The van der Waals surface area contributed by atoms with Crippen molar-refractivity contribution in [2.45, 2.75) is 81.5 Å². The van der Waals surface area contributed by atoms with Gasteiger partial charge in [0.15, 0.2) is 0 Å². The maximum absolute atomic E-state index is 14.1. The van der Waals surface area contributed by atoms with Gasteiger partial charge < -0.3 is 24.8 Å². The van der Waals surface area contributed by atoms with E-state index in [1.807, 2.05) is 6.92 Å². The number of fused-ring (bicyclic) bond motifs is 1. The highest BCUT2D eigenvalue weighted by atomic mass is 19.4. The number of aromatic nitrogens is 2. The lowest BCUT2D eigenvalue weighted by Gasteiger charge is -2.42. The first-order valence-electron chi connectivity index (χ1n) is 12.5. The van der Waals surface area contributed by atoms with E-state index in [4.69, 9.17) is 4.74 Å². The largest absolute Gasteiger partial charge is 0.492 e. The molecule has 0 radical (unpaired) electrons. The van der Waals surface area contributed by atoms with Crippen molar-refractivity contribution in [1.82, 2.24) is 14.9 Å². The number of benzene rings is 2. The second-order valence-corrected chi connectivity index (χ2v) is 11.0. The number of rotatable bonds is 6. The van der Waals surface area contributed by atoms with Crippen molar-refractivity contribution in [3.05, 3.63) is 59.4 Å². The number of imidazole rings is 1. The van der Waals surface area contributed by atoms with Crippen LogP contribution in [-0.2, 0) is 11.8 Å². The maximum atomic E-state index is 14.1. The summed E-state index contributed by atoms with van der Waals surface area (Å²) in [6.07, 6.45) is -4.68. The van der Waals surface area contributed by atoms with Crippen molar-refractivity contribution in [3.8, 4) is 5.75 Å². The Morgan fingerprint density at radius 3 is 2.39 bits per heavy atom. The predicted molar refractivity (Wildman–Crippen MR) is 130 cm³/mol. The SMILES string of the molecule is CC1CC(O)(c2ccc(C(F)F)cc2)CC(COc2cc(C(F)(F)F)c3c(c2)ncn3C2CC(C)(O)C2)N1. The van der Waals surface area contributed by atoms with E-state index >= 15 is 0 Å². The second kappa shape index (κ2) is 9.46. The fourth-order valence-electron chi connectivity index (χ4n) is 5.87. The predicted octanol–water partition coefficient (Wildman–Crippen LogP) is 5.49. The molecule has 1 aromatic heterocycles. The number of nitrogens with one attached hydrogen (secondary N) is 1. The molecule has 3 atom stereocenters.